The summed E-state index contributed by atoms with van der Waals surface area (Å²) in [7, 11) is 0. The molecule has 88 valence electrons. The lowest BCUT2D eigenvalue weighted by molar-refractivity contribution is 0.290. The zero-order valence-electron chi connectivity index (χ0n) is 9.13. The summed E-state index contributed by atoms with van der Waals surface area (Å²) in [4.78, 5) is 3.98. The predicted octanol–water partition coefficient (Wildman–Crippen LogP) is 2.74. The van der Waals surface area contributed by atoms with Gasteiger partial charge in [-0.15, -0.1) is 0 Å². The van der Waals surface area contributed by atoms with E-state index in [1.54, 1.807) is 6.20 Å². The predicted molar refractivity (Wildman–Crippen MR) is 66.1 cm³/mol. The molecule has 3 nitrogen and oxygen atoms in total. The first kappa shape index (κ1) is 12.0. The molecule has 1 aromatic rings. The lowest BCUT2D eigenvalue weighted by atomic mass is 10.2. The van der Waals surface area contributed by atoms with Gasteiger partial charge in [0.25, 0.3) is 0 Å². The molecule has 0 radical (unpaired) electrons. The van der Waals surface area contributed by atoms with Crippen LogP contribution in [0.15, 0.2) is 16.9 Å². The van der Waals surface area contributed by atoms with E-state index >= 15 is 0 Å². The Labute approximate surface area is 103 Å². The number of nitrogens with two attached hydrogens (primary N) is 1. The minimum absolute atomic E-state index is 0.248. The van der Waals surface area contributed by atoms with E-state index in [9.17, 15) is 4.39 Å². The zero-order chi connectivity index (χ0) is 11.6. The number of rotatable bonds is 1. The highest BCUT2D eigenvalue weighted by Gasteiger charge is 2.28. The van der Waals surface area contributed by atoms with E-state index in [-0.39, 0.29) is 10.4 Å². The highest BCUT2D eigenvalue weighted by molar-refractivity contribution is 9.10. The van der Waals surface area contributed by atoms with Crippen molar-refractivity contribution in [3.05, 3.63) is 22.7 Å². The van der Waals surface area contributed by atoms with E-state index in [1.165, 1.54) is 18.9 Å². The van der Waals surface area contributed by atoms with Gasteiger partial charge in [-0.1, -0.05) is 0 Å². The topological polar surface area (TPSA) is 38.9 Å². The summed E-state index contributed by atoms with van der Waals surface area (Å²) in [5.41, 5.74) is 0.766. The van der Waals surface area contributed by atoms with Crippen LogP contribution in [0.5, 0.6) is 0 Å². The van der Waals surface area contributed by atoms with Gasteiger partial charge >= 0.3 is 0 Å². The van der Waals surface area contributed by atoms with Crippen LogP contribution in [0, 0.1) is 5.82 Å². The van der Waals surface area contributed by atoms with E-state index < -0.39 is 0 Å². The van der Waals surface area contributed by atoms with Crippen molar-refractivity contribution >= 4 is 21.6 Å². The average Bonchev–Trinajstić information content (AvgIpc) is 2.48. The molecule has 2 heterocycles. The van der Waals surface area contributed by atoms with Crippen LogP contribution in [0.4, 0.5) is 10.1 Å². The molecule has 0 atom stereocenters. The first-order valence-electron chi connectivity index (χ1n) is 5.59. The number of quaternary nitrogens is 1. The van der Waals surface area contributed by atoms with Crippen LogP contribution in [0.25, 0.3) is 0 Å². The molecule has 0 aliphatic carbocycles. The molecule has 1 fully saturated rings. The van der Waals surface area contributed by atoms with Gasteiger partial charge in [-0.05, 0) is 41.6 Å². The Morgan fingerprint density at radius 1 is 1.25 bits per heavy atom. The van der Waals surface area contributed by atoms with E-state index in [4.69, 9.17) is 5.84 Å². The lowest BCUT2D eigenvalue weighted by Gasteiger charge is -2.30. The Morgan fingerprint density at radius 2 is 1.88 bits per heavy atom. The van der Waals surface area contributed by atoms with Gasteiger partial charge in [0.2, 0.25) is 0 Å². The third kappa shape index (κ3) is 2.42. The highest BCUT2D eigenvalue weighted by atomic mass is 79.9. The van der Waals surface area contributed by atoms with Crippen molar-refractivity contribution < 1.29 is 4.39 Å². The first-order valence-corrected chi connectivity index (χ1v) is 6.38. The SMILES string of the molecule is N[N+]1(c2cnc(Br)c(F)c2)CCCCCC1. The monoisotopic (exact) mass is 288 g/mol. The quantitative estimate of drug-likeness (QED) is 0.490. The summed E-state index contributed by atoms with van der Waals surface area (Å²) in [6.07, 6.45) is 6.27. The molecule has 1 aliphatic rings. The number of nitrogens with zero attached hydrogens (tertiary/aromatic N) is 2. The summed E-state index contributed by atoms with van der Waals surface area (Å²) in [6.45, 7) is 1.73. The van der Waals surface area contributed by atoms with Crippen molar-refractivity contribution in [3.63, 3.8) is 0 Å². The smallest absolute Gasteiger partial charge is 0.173 e. The van der Waals surface area contributed by atoms with E-state index in [1.807, 2.05) is 0 Å². The third-order valence-electron chi connectivity index (χ3n) is 3.16. The molecule has 0 saturated carbocycles. The van der Waals surface area contributed by atoms with Gasteiger partial charge in [-0.2, -0.15) is 5.84 Å². The van der Waals surface area contributed by atoms with E-state index in [0.29, 0.717) is 4.59 Å². The van der Waals surface area contributed by atoms with Gasteiger partial charge in [-0.3, -0.25) is 0 Å². The number of aromatic nitrogens is 1. The molecule has 0 unspecified atom stereocenters. The summed E-state index contributed by atoms with van der Waals surface area (Å²) < 4.78 is 14.0. The molecule has 1 aliphatic heterocycles. The fourth-order valence-electron chi connectivity index (χ4n) is 2.17. The van der Waals surface area contributed by atoms with Gasteiger partial charge in [0.15, 0.2) is 11.5 Å². The normalized spacial score (nSPS) is 20.4. The minimum atomic E-state index is -0.343. The second-order valence-electron chi connectivity index (χ2n) is 4.36. The molecule has 16 heavy (non-hydrogen) atoms. The molecule has 0 bridgehead atoms. The lowest BCUT2D eigenvalue weighted by Crippen LogP contribution is -2.56. The second kappa shape index (κ2) is 4.77. The first-order chi connectivity index (χ1) is 7.62. The summed E-state index contributed by atoms with van der Waals surface area (Å²) in [5, 5.41) is 0. The van der Waals surface area contributed by atoms with Crippen molar-refractivity contribution in [1.29, 1.82) is 0 Å². The van der Waals surface area contributed by atoms with Crippen LogP contribution in [0.3, 0.4) is 0 Å². The molecular weight excluding hydrogens is 273 g/mol. The van der Waals surface area contributed by atoms with Crippen molar-refractivity contribution in [2.45, 2.75) is 25.7 Å². The standard InChI is InChI=1S/C11H16BrFN3/c12-11-10(13)7-9(8-15-11)16(14)5-3-1-2-4-6-16/h7-8H,1-6,14H2/q+1. The molecule has 2 N–H and O–H groups in total. The van der Waals surface area contributed by atoms with Gasteiger partial charge < -0.3 is 0 Å². The Kier molecular flexibility index (Phi) is 3.56. The second-order valence-corrected chi connectivity index (χ2v) is 5.11. The van der Waals surface area contributed by atoms with Crippen molar-refractivity contribution in [1.82, 2.24) is 9.58 Å². The molecular formula is C11H16BrFN3+. The van der Waals surface area contributed by atoms with Crippen LogP contribution >= 0.6 is 15.9 Å². The Balaban J connectivity index is 2.29. The van der Waals surface area contributed by atoms with E-state index in [0.717, 1.165) is 31.6 Å². The maximum Gasteiger partial charge on any atom is 0.173 e. The van der Waals surface area contributed by atoms with Crippen LogP contribution in [0.1, 0.15) is 25.7 Å². The minimum Gasteiger partial charge on any atom is -0.240 e. The molecule has 5 heteroatoms. The number of hydrogen-bond acceptors (Lipinski definition) is 2. The van der Waals surface area contributed by atoms with Crippen LogP contribution in [-0.2, 0) is 0 Å². The van der Waals surface area contributed by atoms with Gasteiger partial charge in [0.05, 0.1) is 6.20 Å². The number of halogens is 2. The third-order valence-corrected chi connectivity index (χ3v) is 3.74. The summed E-state index contributed by atoms with van der Waals surface area (Å²) in [6, 6.07) is 1.49. The summed E-state index contributed by atoms with van der Waals surface area (Å²) >= 11 is 3.05. The maximum atomic E-state index is 13.4. The van der Waals surface area contributed by atoms with Crippen LogP contribution in [0.2, 0.25) is 0 Å². The highest BCUT2D eigenvalue weighted by Crippen LogP contribution is 2.25. The largest absolute Gasteiger partial charge is 0.240 e. The Morgan fingerprint density at radius 3 is 2.44 bits per heavy atom. The molecule has 2 rings (SSSR count). The van der Waals surface area contributed by atoms with Gasteiger partial charge in [0, 0.05) is 6.07 Å². The maximum absolute atomic E-state index is 13.4. The average molecular weight is 289 g/mol. The van der Waals surface area contributed by atoms with Crippen molar-refractivity contribution in [3.8, 4) is 0 Å². The van der Waals surface area contributed by atoms with E-state index in [2.05, 4.69) is 20.9 Å². The number of hydrogen-bond donors (Lipinski definition) is 1. The van der Waals surface area contributed by atoms with Crippen LogP contribution in [-0.4, -0.2) is 18.1 Å². The molecule has 1 saturated heterocycles. The zero-order valence-corrected chi connectivity index (χ0v) is 10.7. The summed E-state index contributed by atoms with van der Waals surface area (Å²) in [5.74, 6) is 5.97. The van der Waals surface area contributed by atoms with Crippen LogP contribution < -0.4 is 10.4 Å². The fourth-order valence-corrected chi connectivity index (χ4v) is 2.38. The molecule has 0 spiro atoms. The van der Waals surface area contributed by atoms with Gasteiger partial charge in [-0.25, -0.2) is 14.0 Å². The molecule has 0 aromatic carbocycles. The number of pyridine rings is 1. The molecule has 1 aromatic heterocycles. The Hall–Kier alpha value is -0.520. The molecule has 0 amide bonds. The Bertz CT molecular complexity index is 375. The fraction of sp³-hybridized carbons (Fsp3) is 0.545. The van der Waals surface area contributed by atoms with Crippen molar-refractivity contribution in [2.75, 3.05) is 13.1 Å². The van der Waals surface area contributed by atoms with Crippen molar-refractivity contribution in [2.24, 2.45) is 5.84 Å². The van der Waals surface area contributed by atoms with Gasteiger partial charge in [0.1, 0.15) is 17.7 Å².